The van der Waals surface area contributed by atoms with E-state index in [0.29, 0.717) is 6.61 Å². The molecule has 0 aliphatic heterocycles. The van der Waals surface area contributed by atoms with E-state index in [1.165, 1.54) is 160 Å². The summed E-state index contributed by atoms with van der Waals surface area (Å²) in [5.74, 6) is 1.10. The molecule has 0 aliphatic rings. The number of esters is 1. The van der Waals surface area contributed by atoms with E-state index >= 15 is 0 Å². The van der Waals surface area contributed by atoms with Crippen LogP contribution in [-0.2, 0) is 18.7 Å². The summed E-state index contributed by atoms with van der Waals surface area (Å²) in [6.45, 7) is 18.9. The van der Waals surface area contributed by atoms with Crippen LogP contribution >= 0.6 is 11.8 Å². The third-order valence-corrected chi connectivity index (χ3v) is 15.3. The van der Waals surface area contributed by atoms with Crippen LogP contribution in [0.1, 0.15) is 233 Å². The van der Waals surface area contributed by atoms with Gasteiger partial charge in [0.15, 0.2) is 8.32 Å². The van der Waals surface area contributed by atoms with Crippen LogP contribution in [0.25, 0.3) is 0 Å². The Morgan fingerprint density at radius 2 is 1.00 bits per heavy atom. The van der Waals surface area contributed by atoms with Gasteiger partial charge in [0.1, 0.15) is 11.5 Å². The van der Waals surface area contributed by atoms with Crippen LogP contribution in [0.15, 0.2) is 0 Å². The lowest BCUT2D eigenvalue weighted by molar-refractivity contribution is -0.143. The van der Waals surface area contributed by atoms with Gasteiger partial charge in [0.2, 0.25) is 0 Å². The van der Waals surface area contributed by atoms with Gasteiger partial charge in [-0.3, -0.25) is 4.79 Å². The number of nitrogens with zero attached hydrogens (tertiary/aromatic N) is 1. The molecule has 0 aromatic heterocycles. The second-order valence-electron chi connectivity index (χ2n) is 17.8. The van der Waals surface area contributed by atoms with Gasteiger partial charge in [0.25, 0.3) is 0 Å². The van der Waals surface area contributed by atoms with Crippen LogP contribution in [0.3, 0.4) is 0 Å². The molecule has 1 N–H and O–H groups in total. The fourth-order valence-electron chi connectivity index (χ4n) is 7.64. The van der Waals surface area contributed by atoms with Crippen molar-refractivity contribution in [1.29, 1.82) is 0 Å². The zero-order chi connectivity index (χ0) is 41.9. The molecule has 0 aromatic rings. The topological polar surface area (TPSA) is 68.2 Å². The second kappa shape index (κ2) is 43.9. The van der Waals surface area contributed by atoms with E-state index in [-0.39, 0.29) is 24.1 Å². The first-order chi connectivity index (χ1) is 27.8. The number of carbonyl (C=O) groups is 1. The summed E-state index contributed by atoms with van der Waals surface area (Å²) in [5, 5.41) is 9.39. The Labute approximate surface area is 362 Å². The third-order valence-electron chi connectivity index (χ3n) is 11.4. The summed E-state index contributed by atoms with van der Waals surface area (Å²) in [6, 6.07) is 1.25. The van der Waals surface area contributed by atoms with Crippen LogP contribution in [0.2, 0.25) is 19.1 Å². The molecule has 0 spiro atoms. The summed E-state index contributed by atoms with van der Waals surface area (Å²) in [7, 11) is -1.73. The fourth-order valence-corrected chi connectivity index (χ4v) is 10.9. The molecule has 2 unspecified atom stereocenters. The highest BCUT2D eigenvalue weighted by Gasteiger charge is 2.27. The molecule has 57 heavy (non-hydrogen) atoms. The lowest BCUT2D eigenvalue weighted by atomic mass is 10.1. The number of aliphatic hydroxyl groups is 1. The van der Waals surface area contributed by atoms with E-state index in [0.717, 1.165) is 83.4 Å². The van der Waals surface area contributed by atoms with Crippen LogP contribution in [0.5, 0.6) is 0 Å². The van der Waals surface area contributed by atoms with E-state index in [1.807, 2.05) is 11.8 Å². The number of ether oxygens (including phenoxy) is 2. The number of unbranched alkanes of at least 4 members (excludes halogenated alkanes) is 23. The van der Waals surface area contributed by atoms with Crippen molar-refractivity contribution in [2.45, 2.75) is 264 Å². The predicted octanol–water partition coefficient (Wildman–Crippen LogP) is 15.1. The summed E-state index contributed by atoms with van der Waals surface area (Å²) in [6.07, 6.45) is 39.0. The molecule has 0 radical (unpaired) electrons. The van der Waals surface area contributed by atoms with Crippen molar-refractivity contribution in [3.8, 4) is 0 Å². The molecule has 8 heteroatoms. The van der Waals surface area contributed by atoms with E-state index < -0.39 is 8.32 Å². The minimum atomic E-state index is -1.73. The van der Waals surface area contributed by atoms with E-state index in [2.05, 4.69) is 45.7 Å². The lowest BCUT2D eigenvalue weighted by Gasteiger charge is -2.30. The number of hydrogen-bond donors (Lipinski definition) is 1. The van der Waals surface area contributed by atoms with Crippen molar-refractivity contribution in [2.24, 2.45) is 0 Å². The van der Waals surface area contributed by atoms with E-state index in [9.17, 15) is 9.90 Å². The highest BCUT2D eigenvalue weighted by Crippen LogP contribution is 2.24. The molecule has 342 valence electrons. The maximum absolute atomic E-state index is 13.0. The molecule has 0 saturated carbocycles. The van der Waals surface area contributed by atoms with Crippen molar-refractivity contribution in [1.82, 2.24) is 4.90 Å². The number of thioether (sulfide) groups is 1. The molecule has 0 fully saturated rings. The molecular formula is C49H101NO5SSi. The largest absolute Gasteiger partial charge is 0.465 e. The SMILES string of the molecule is CCCCCCCCC(SCCCCC)C(=O)OCCCCCCN(CCCCO)CCCCCCOC(CCCCCCC)O[Si](C)(C)CCCCCCCC. The van der Waals surface area contributed by atoms with Crippen LogP contribution in [-0.4, -0.2) is 81.0 Å². The van der Waals surface area contributed by atoms with Crippen molar-refractivity contribution in [2.75, 3.05) is 45.2 Å². The summed E-state index contributed by atoms with van der Waals surface area (Å²) in [4.78, 5) is 15.6. The second-order valence-corrected chi connectivity index (χ2v) is 23.4. The van der Waals surface area contributed by atoms with Gasteiger partial charge in [-0.2, -0.15) is 0 Å². The maximum atomic E-state index is 13.0. The summed E-state index contributed by atoms with van der Waals surface area (Å²) in [5.41, 5.74) is 0. The summed E-state index contributed by atoms with van der Waals surface area (Å²) >= 11 is 1.84. The molecule has 0 aliphatic carbocycles. The Morgan fingerprint density at radius 3 is 1.58 bits per heavy atom. The Hall–Kier alpha value is -0.123. The minimum Gasteiger partial charge on any atom is -0.465 e. The van der Waals surface area contributed by atoms with Crippen molar-refractivity contribution in [3.63, 3.8) is 0 Å². The molecule has 0 amide bonds. The summed E-state index contributed by atoms with van der Waals surface area (Å²) < 4.78 is 19.1. The zero-order valence-corrected chi connectivity index (χ0v) is 41.2. The molecule has 2 atom stereocenters. The van der Waals surface area contributed by atoms with E-state index in [1.54, 1.807) is 0 Å². The first-order valence-electron chi connectivity index (χ1n) is 25.2. The number of hydrogen-bond acceptors (Lipinski definition) is 7. The van der Waals surface area contributed by atoms with Crippen molar-refractivity contribution < 1.29 is 23.8 Å². The van der Waals surface area contributed by atoms with Gasteiger partial charge in [-0.15, -0.1) is 11.8 Å². The zero-order valence-electron chi connectivity index (χ0n) is 39.4. The van der Waals surface area contributed by atoms with Crippen molar-refractivity contribution >= 4 is 26.0 Å². The molecule has 0 aromatic carbocycles. The van der Waals surface area contributed by atoms with Gasteiger partial charge in [0, 0.05) is 13.2 Å². The minimum absolute atomic E-state index is 0.0162. The van der Waals surface area contributed by atoms with E-state index in [4.69, 9.17) is 13.9 Å². The van der Waals surface area contributed by atoms with Gasteiger partial charge in [-0.05, 0) is 109 Å². The third kappa shape index (κ3) is 39.8. The van der Waals surface area contributed by atoms with Gasteiger partial charge >= 0.3 is 5.97 Å². The van der Waals surface area contributed by atoms with Crippen LogP contribution in [0, 0.1) is 0 Å². The Kier molecular flexibility index (Phi) is 43.9. The molecular weight excluding hydrogens is 743 g/mol. The Morgan fingerprint density at radius 1 is 0.544 bits per heavy atom. The van der Waals surface area contributed by atoms with Gasteiger partial charge in [-0.1, -0.05) is 169 Å². The maximum Gasteiger partial charge on any atom is 0.319 e. The average Bonchev–Trinajstić information content (AvgIpc) is 3.19. The number of aliphatic hydroxyl groups excluding tert-OH is 1. The molecule has 0 heterocycles. The monoisotopic (exact) mass is 844 g/mol. The van der Waals surface area contributed by atoms with Gasteiger partial charge in [-0.25, -0.2) is 0 Å². The highest BCUT2D eigenvalue weighted by atomic mass is 32.2. The first-order valence-corrected chi connectivity index (χ1v) is 29.4. The van der Waals surface area contributed by atoms with Crippen LogP contribution < -0.4 is 0 Å². The standard InChI is InChI=1S/C49H101NO5SSi/c1-7-11-15-18-21-27-37-47(56-45-35-14-10-4)49(52)54-44-34-25-23-30-40-50(41-31-32-42-51)39-29-22-24-33-43-53-48(38-28-20-17-13-9-3)55-57(5,6)46-36-26-19-16-12-8-2/h47-48,51H,7-46H2,1-6H3. The fraction of sp³-hybridized carbons (Fsp3) is 0.980. The van der Waals surface area contributed by atoms with Crippen molar-refractivity contribution in [3.05, 3.63) is 0 Å². The average molecular weight is 845 g/mol. The molecule has 0 rings (SSSR count). The van der Waals surface area contributed by atoms with Gasteiger partial charge in [0.05, 0.1) is 6.61 Å². The van der Waals surface area contributed by atoms with Gasteiger partial charge < -0.3 is 23.9 Å². The van der Waals surface area contributed by atoms with Crippen LogP contribution in [0.4, 0.5) is 0 Å². The number of rotatable bonds is 47. The molecule has 6 nitrogen and oxygen atoms in total. The lowest BCUT2D eigenvalue weighted by Crippen LogP contribution is -2.36. The molecule has 0 bridgehead atoms. The Balaban J connectivity index is 4.50. The normalized spacial score (nSPS) is 13.1. The Bertz CT molecular complexity index is 821. The first kappa shape index (κ1) is 56.9. The smallest absolute Gasteiger partial charge is 0.319 e. The predicted molar refractivity (Wildman–Crippen MR) is 254 cm³/mol. The number of carbonyl (C=O) groups excluding carboxylic acids is 1. The highest BCUT2D eigenvalue weighted by molar-refractivity contribution is 8.00. The molecule has 0 saturated heterocycles. The quantitative estimate of drug-likeness (QED) is 0.0283.